The summed E-state index contributed by atoms with van der Waals surface area (Å²) in [6.07, 6.45) is 0. The molecule has 0 saturated carbocycles. The molecule has 0 radical (unpaired) electrons. The molecule has 2 aromatic carbocycles. The van der Waals surface area contributed by atoms with Gasteiger partial charge in [0, 0.05) is 16.7 Å². The summed E-state index contributed by atoms with van der Waals surface area (Å²) in [6.45, 7) is 0. The van der Waals surface area contributed by atoms with E-state index in [0.717, 1.165) is 21.8 Å². The Morgan fingerprint density at radius 3 is 2.67 bits per heavy atom. The molecule has 0 aliphatic rings. The van der Waals surface area contributed by atoms with E-state index in [9.17, 15) is 0 Å². The number of thioether (sulfide) groups is 1. The molecule has 5 nitrogen and oxygen atoms in total. The summed E-state index contributed by atoms with van der Waals surface area (Å²) < 4.78 is 11.1. The number of benzene rings is 2. The van der Waals surface area contributed by atoms with Gasteiger partial charge in [0.05, 0.1) is 23.4 Å². The quantitative estimate of drug-likeness (QED) is 0.370. The molecule has 8 heteroatoms. The Labute approximate surface area is 169 Å². The van der Waals surface area contributed by atoms with E-state index in [1.807, 2.05) is 53.9 Å². The van der Waals surface area contributed by atoms with Crippen LogP contribution in [0.1, 0.15) is 5.69 Å². The molecule has 0 aliphatic heterocycles. The van der Waals surface area contributed by atoms with E-state index >= 15 is 0 Å². The molecule has 2 heterocycles. The van der Waals surface area contributed by atoms with Crippen molar-refractivity contribution in [1.29, 1.82) is 0 Å². The first-order valence-electron chi connectivity index (χ1n) is 8.03. The lowest BCUT2D eigenvalue weighted by Gasteiger charge is -2.03. The standard InChI is InChI=1S/C19H14ClN3O2S2/c1-24-16-9-5-3-7-14(16)17-22-23-19(25-17)27-11-12-10-26-18(21-12)13-6-2-4-8-15(13)20/h2-10H,11H2,1H3. The molecule has 0 atom stereocenters. The summed E-state index contributed by atoms with van der Waals surface area (Å²) in [5.74, 6) is 1.76. The van der Waals surface area contributed by atoms with Crippen LogP contribution in [0.4, 0.5) is 0 Å². The molecular weight excluding hydrogens is 402 g/mol. The van der Waals surface area contributed by atoms with Crippen molar-refractivity contribution in [2.45, 2.75) is 11.0 Å². The van der Waals surface area contributed by atoms with Crippen molar-refractivity contribution >= 4 is 34.7 Å². The fraction of sp³-hybridized carbons (Fsp3) is 0.105. The van der Waals surface area contributed by atoms with Crippen molar-refractivity contribution in [1.82, 2.24) is 15.2 Å². The van der Waals surface area contributed by atoms with Crippen LogP contribution in [0.15, 0.2) is 63.6 Å². The Balaban J connectivity index is 1.46. The van der Waals surface area contributed by atoms with Gasteiger partial charge in [0.25, 0.3) is 11.1 Å². The topological polar surface area (TPSA) is 61.0 Å². The number of nitrogens with zero attached hydrogens (tertiary/aromatic N) is 3. The van der Waals surface area contributed by atoms with Gasteiger partial charge in [0.2, 0.25) is 0 Å². The Hall–Kier alpha value is -2.35. The van der Waals surface area contributed by atoms with Crippen LogP contribution in [-0.2, 0) is 5.75 Å². The van der Waals surface area contributed by atoms with Crippen LogP contribution in [0.5, 0.6) is 5.75 Å². The number of hydrogen-bond acceptors (Lipinski definition) is 7. The van der Waals surface area contributed by atoms with Gasteiger partial charge in [-0.15, -0.1) is 21.5 Å². The number of halogens is 1. The van der Waals surface area contributed by atoms with Crippen molar-refractivity contribution in [3.63, 3.8) is 0 Å². The summed E-state index contributed by atoms with van der Waals surface area (Å²) in [4.78, 5) is 4.65. The predicted molar refractivity (Wildman–Crippen MR) is 108 cm³/mol. The van der Waals surface area contributed by atoms with Gasteiger partial charge in [-0.05, 0) is 18.2 Å². The molecule has 0 saturated heterocycles. The molecule has 4 aromatic rings. The number of thiazole rings is 1. The van der Waals surface area contributed by atoms with Crippen LogP contribution < -0.4 is 4.74 Å². The molecule has 0 bridgehead atoms. The maximum atomic E-state index is 6.24. The lowest BCUT2D eigenvalue weighted by molar-refractivity contribution is 0.411. The van der Waals surface area contributed by atoms with Crippen LogP contribution in [0.3, 0.4) is 0 Å². The van der Waals surface area contributed by atoms with Gasteiger partial charge in [0.15, 0.2) is 0 Å². The average molecular weight is 416 g/mol. The number of hydrogen-bond donors (Lipinski definition) is 0. The molecule has 27 heavy (non-hydrogen) atoms. The van der Waals surface area contributed by atoms with Gasteiger partial charge in [0.1, 0.15) is 10.8 Å². The summed E-state index contributed by atoms with van der Waals surface area (Å²) in [7, 11) is 1.61. The van der Waals surface area contributed by atoms with Gasteiger partial charge in [-0.1, -0.05) is 53.7 Å². The number of para-hydroxylation sites is 1. The Morgan fingerprint density at radius 2 is 1.85 bits per heavy atom. The zero-order valence-corrected chi connectivity index (χ0v) is 16.6. The van der Waals surface area contributed by atoms with Gasteiger partial charge in [-0.2, -0.15) is 0 Å². The largest absolute Gasteiger partial charge is 0.496 e. The van der Waals surface area contributed by atoms with Gasteiger partial charge in [-0.3, -0.25) is 0 Å². The monoisotopic (exact) mass is 415 g/mol. The van der Waals surface area contributed by atoms with Gasteiger partial charge in [-0.25, -0.2) is 4.98 Å². The molecule has 0 spiro atoms. The van der Waals surface area contributed by atoms with Crippen LogP contribution in [-0.4, -0.2) is 22.3 Å². The zero-order valence-electron chi connectivity index (χ0n) is 14.3. The van der Waals surface area contributed by atoms with E-state index in [1.54, 1.807) is 18.4 Å². The second-order valence-corrected chi connectivity index (χ2v) is 7.68. The average Bonchev–Trinajstić information content (AvgIpc) is 3.36. The Kier molecular flexibility index (Phi) is 5.42. The molecular formula is C19H14ClN3O2S2. The minimum absolute atomic E-state index is 0.435. The SMILES string of the molecule is COc1ccccc1-c1nnc(SCc2csc(-c3ccccc3Cl)n2)o1. The minimum atomic E-state index is 0.435. The Morgan fingerprint density at radius 1 is 1.07 bits per heavy atom. The molecule has 0 unspecified atom stereocenters. The van der Waals surface area contributed by atoms with E-state index in [-0.39, 0.29) is 0 Å². The lowest BCUT2D eigenvalue weighted by Crippen LogP contribution is -1.87. The van der Waals surface area contributed by atoms with E-state index in [1.165, 1.54) is 11.8 Å². The highest BCUT2D eigenvalue weighted by Crippen LogP contribution is 2.33. The van der Waals surface area contributed by atoms with Crippen molar-refractivity contribution < 1.29 is 9.15 Å². The van der Waals surface area contributed by atoms with Crippen molar-refractivity contribution in [2.24, 2.45) is 0 Å². The maximum Gasteiger partial charge on any atom is 0.277 e. The number of aromatic nitrogens is 3. The minimum Gasteiger partial charge on any atom is -0.496 e. The summed E-state index contributed by atoms with van der Waals surface area (Å²) in [5, 5.41) is 12.3. The van der Waals surface area contributed by atoms with Gasteiger partial charge >= 0.3 is 0 Å². The maximum absolute atomic E-state index is 6.24. The fourth-order valence-electron chi connectivity index (χ4n) is 2.47. The first-order valence-corrected chi connectivity index (χ1v) is 10.3. The first kappa shape index (κ1) is 18.0. The second kappa shape index (κ2) is 8.12. The van der Waals surface area contributed by atoms with E-state index in [4.69, 9.17) is 20.8 Å². The predicted octanol–water partition coefficient (Wildman–Crippen LogP) is 5.81. The summed E-state index contributed by atoms with van der Waals surface area (Å²) >= 11 is 9.26. The number of ether oxygens (including phenoxy) is 1. The molecule has 2 aromatic heterocycles. The third-order valence-electron chi connectivity index (χ3n) is 3.74. The van der Waals surface area contributed by atoms with E-state index < -0.39 is 0 Å². The van der Waals surface area contributed by atoms with Crippen LogP contribution in [0.25, 0.3) is 22.0 Å². The molecule has 0 aliphatic carbocycles. The second-order valence-electron chi connectivity index (χ2n) is 5.49. The highest BCUT2D eigenvalue weighted by molar-refractivity contribution is 7.98. The van der Waals surface area contributed by atoms with Crippen LogP contribution in [0, 0.1) is 0 Å². The summed E-state index contributed by atoms with van der Waals surface area (Å²) in [6, 6.07) is 15.2. The molecule has 0 fully saturated rings. The third kappa shape index (κ3) is 4.00. The van der Waals surface area contributed by atoms with Crippen molar-refractivity contribution in [2.75, 3.05) is 7.11 Å². The molecule has 136 valence electrons. The van der Waals surface area contributed by atoms with Crippen molar-refractivity contribution in [3.05, 3.63) is 64.6 Å². The van der Waals surface area contributed by atoms with Crippen molar-refractivity contribution in [3.8, 4) is 27.8 Å². The number of rotatable bonds is 6. The normalized spacial score (nSPS) is 10.9. The fourth-order valence-corrected chi connectivity index (χ4v) is 4.37. The molecule has 0 amide bonds. The first-order chi connectivity index (χ1) is 13.2. The molecule has 4 rings (SSSR count). The highest BCUT2D eigenvalue weighted by atomic mass is 35.5. The summed E-state index contributed by atoms with van der Waals surface area (Å²) in [5.41, 5.74) is 2.66. The third-order valence-corrected chi connectivity index (χ3v) is 5.85. The Bertz CT molecular complexity index is 1060. The van der Waals surface area contributed by atoms with Gasteiger partial charge < -0.3 is 9.15 Å². The van der Waals surface area contributed by atoms with E-state index in [0.29, 0.717) is 27.6 Å². The van der Waals surface area contributed by atoms with E-state index in [2.05, 4.69) is 15.2 Å². The van der Waals surface area contributed by atoms with Crippen LogP contribution in [0.2, 0.25) is 5.02 Å². The highest BCUT2D eigenvalue weighted by Gasteiger charge is 2.14. The van der Waals surface area contributed by atoms with Crippen LogP contribution >= 0.6 is 34.7 Å². The molecule has 0 N–H and O–H groups in total. The smallest absolute Gasteiger partial charge is 0.277 e. The number of methoxy groups -OCH3 is 1. The lowest BCUT2D eigenvalue weighted by atomic mass is 10.2. The zero-order chi connectivity index (χ0) is 18.6.